The molecule has 130 valence electrons. The van der Waals surface area contributed by atoms with E-state index in [0.717, 1.165) is 10.1 Å². The fraction of sp³-hybridized carbons (Fsp3) is 0.294. The van der Waals surface area contributed by atoms with Crippen LogP contribution in [0.3, 0.4) is 0 Å². The quantitative estimate of drug-likeness (QED) is 0.631. The van der Waals surface area contributed by atoms with E-state index in [2.05, 4.69) is 10.1 Å². The van der Waals surface area contributed by atoms with E-state index in [9.17, 15) is 9.59 Å². The third-order valence-corrected chi connectivity index (χ3v) is 3.50. The molecule has 0 aliphatic carbocycles. The predicted molar refractivity (Wildman–Crippen MR) is 89.9 cm³/mol. The highest BCUT2D eigenvalue weighted by molar-refractivity contribution is 5.88. The summed E-state index contributed by atoms with van der Waals surface area (Å²) in [6, 6.07) is 9.71. The van der Waals surface area contributed by atoms with Crippen molar-refractivity contribution in [1.82, 2.24) is 19.2 Å². The third-order valence-electron chi connectivity index (χ3n) is 3.50. The molecule has 3 rings (SSSR count). The Bertz CT molecular complexity index is 946. The number of carbonyl (C=O) groups excluding carboxylic acids is 1. The van der Waals surface area contributed by atoms with Crippen LogP contribution in [-0.4, -0.2) is 38.3 Å². The molecule has 0 fully saturated rings. The van der Waals surface area contributed by atoms with Crippen molar-refractivity contribution in [3.63, 3.8) is 0 Å². The summed E-state index contributed by atoms with van der Waals surface area (Å²) in [5.74, 6) is -0.393. The van der Waals surface area contributed by atoms with Crippen molar-refractivity contribution in [3.05, 3.63) is 58.0 Å². The van der Waals surface area contributed by atoms with Gasteiger partial charge in [0.25, 0.3) is 5.56 Å². The molecule has 8 nitrogen and oxygen atoms in total. The molecule has 0 spiro atoms. The van der Waals surface area contributed by atoms with Crippen molar-refractivity contribution in [3.8, 4) is 6.01 Å². The van der Waals surface area contributed by atoms with E-state index in [1.807, 2.05) is 30.3 Å². The minimum atomic E-state index is -0.690. The lowest BCUT2D eigenvalue weighted by atomic mass is 10.2. The van der Waals surface area contributed by atoms with Gasteiger partial charge in [-0.1, -0.05) is 30.3 Å². The number of hydrogen-bond acceptors (Lipinski definition) is 6. The Labute approximate surface area is 143 Å². The highest BCUT2D eigenvalue weighted by atomic mass is 16.5. The SMILES string of the molecule is CCOC(=O)c1cn(Cc2ccccc2)c2nc(OCC)nn2c1=O. The number of aromatic nitrogens is 4. The summed E-state index contributed by atoms with van der Waals surface area (Å²) in [5, 5.41) is 4.05. The van der Waals surface area contributed by atoms with Crippen molar-refractivity contribution in [1.29, 1.82) is 0 Å². The Kier molecular flexibility index (Phi) is 4.78. The Balaban J connectivity index is 2.16. The van der Waals surface area contributed by atoms with Crippen LogP contribution in [0.15, 0.2) is 41.3 Å². The highest BCUT2D eigenvalue weighted by Crippen LogP contribution is 2.11. The molecule has 0 amide bonds. The minimum Gasteiger partial charge on any atom is -0.463 e. The highest BCUT2D eigenvalue weighted by Gasteiger charge is 2.20. The number of fused-ring (bicyclic) bond motifs is 1. The maximum Gasteiger partial charge on any atom is 0.345 e. The van der Waals surface area contributed by atoms with Gasteiger partial charge in [0, 0.05) is 6.20 Å². The van der Waals surface area contributed by atoms with Gasteiger partial charge in [-0.15, -0.1) is 5.10 Å². The summed E-state index contributed by atoms with van der Waals surface area (Å²) >= 11 is 0. The molecule has 0 saturated heterocycles. The van der Waals surface area contributed by atoms with Crippen LogP contribution in [0, 0.1) is 0 Å². The molecule has 0 bridgehead atoms. The number of benzene rings is 1. The van der Waals surface area contributed by atoms with Gasteiger partial charge in [0.1, 0.15) is 5.56 Å². The monoisotopic (exact) mass is 342 g/mol. The van der Waals surface area contributed by atoms with E-state index in [1.165, 1.54) is 6.20 Å². The summed E-state index contributed by atoms with van der Waals surface area (Å²) in [4.78, 5) is 28.9. The summed E-state index contributed by atoms with van der Waals surface area (Å²) in [6.45, 7) is 4.44. The van der Waals surface area contributed by atoms with E-state index < -0.39 is 11.5 Å². The molecule has 0 radical (unpaired) electrons. The van der Waals surface area contributed by atoms with Crippen LogP contribution in [0.25, 0.3) is 5.78 Å². The summed E-state index contributed by atoms with van der Waals surface area (Å²) in [6.07, 6.45) is 1.45. The second-order valence-corrected chi connectivity index (χ2v) is 5.22. The Morgan fingerprint density at radius 1 is 1.16 bits per heavy atom. The predicted octanol–water partition coefficient (Wildman–Crippen LogP) is 1.51. The fourth-order valence-corrected chi connectivity index (χ4v) is 2.43. The molecular weight excluding hydrogens is 324 g/mol. The maximum absolute atomic E-state index is 12.6. The Hall–Kier alpha value is -3.16. The van der Waals surface area contributed by atoms with Crippen LogP contribution in [0.4, 0.5) is 0 Å². The Morgan fingerprint density at radius 2 is 1.92 bits per heavy atom. The zero-order valence-corrected chi connectivity index (χ0v) is 14.0. The second kappa shape index (κ2) is 7.16. The molecule has 1 aromatic carbocycles. The van der Waals surface area contributed by atoms with Gasteiger partial charge in [-0.3, -0.25) is 4.79 Å². The van der Waals surface area contributed by atoms with Crippen LogP contribution < -0.4 is 10.3 Å². The first-order valence-electron chi connectivity index (χ1n) is 7.98. The molecule has 0 atom stereocenters. The zero-order chi connectivity index (χ0) is 17.8. The van der Waals surface area contributed by atoms with Gasteiger partial charge >= 0.3 is 12.0 Å². The first kappa shape index (κ1) is 16.7. The summed E-state index contributed by atoms with van der Waals surface area (Å²) < 4.78 is 13.0. The molecule has 2 aromatic heterocycles. The molecule has 0 saturated carbocycles. The van der Waals surface area contributed by atoms with E-state index in [-0.39, 0.29) is 18.2 Å². The van der Waals surface area contributed by atoms with E-state index in [0.29, 0.717) is 18.9 Å². The molecule has 0 N–H and O–H groups in total. The molecule has 0 unspecified atom stereocenters. The molecule has 2 heterocycles. The summed E-state index contributed by atoms with van der Waals surface area (Å²) in [5.41, 5.74) is 0.304. The van der Waals surface area contributed by atoms with Crippen LogP contribution >= 0.6 is 0 Å². The molecule has 0 aliphatic rings. The zero-order valence-electron chi connectivity index (χ0n) is 14.0. The van der Waals surface area contributed by atoms with Gasteiger partial charge in [-0.2, -0.15) is 9.50 Å². The van der Waals surface area contributed by atoms with Gasteiger partial charge < -0.3 is 14.0 Å². The number of hydrogen-bond donors (Lipinski definition) is 0. The van der Waals surface area contributed by atoms with Crippen molar-refractivity contribution in [2.75, 3.05) is 13.2 Å². The van der Waals surface area contributed by atoms with Gasteiger partial charge in [0.2, 0.25) is 5.78 Å². The van der Waals surface area contributed by atoms with Gasteiger partial charge in [-0.25, -0.2) is 4.79 Å². The fourth-order valence-electron chi connectivity index (χ4n) is 2.43. The van der Waals surface area contributed by atoms with E-state index in [4.69, 9.17) is 9.47 Å². The van der Waals surface area contributed by atoms with Crippen molar-refractivity contribution in [2.45, 2.75) is 20.4 Å². The van der Waals surface area contributed by atoms with Crippen LogP contribution in [0.2, 0.25) is 0 Å². The van der Waals surface area contributed by atoms with Crippen LogP contribution in [-0.2, 0) is 11.3 Å². The second-order valence-electron chi connectivity index (χ2n) is 5.22. The Morgan fingerprint density at radius 3 is 2.60 bits per heavy atom. The van der Waals surface area contributed by atoms with Gasteiger partial charge in [0.05, 0.1) is 19.8 Å². The van der Waals surface area contributed by atoms with E-state index in [1.54, 1.807) is 18.4 Å². The van der Waals surface area contributed by atoms with Crippen molar-refractivity contribution >= 4 is 11.7 Å². The number of carbonyl (C=O) groups is 1. The topological polar surface area (TPSA) is 87.7 Å². The average molecular weight is 342 g/mol. The lowest BCUT2D eigenvalue weighted by Gasteiger charge is -2.10. The average Bonchev–Trinajstić information content (AvgIpc) is 3.03. The normalized spacial score (nSPS) is 10.8. The molecule has 25 heavy (non-hydrogen) atoms. The number of rotatable bonds is 6. The maximum atomic E-state index is 12.6. The molecule has 8 heteroatoms. The van der Waals surface area contributed by atoms with Crippen molar-refractivity contribution < 1.29 is 14.3 Å². The molecule has 0 aliphatic heterocycles. The van der Waals surface area contributed by atoms with Crippen molar-refractivity contribution in [2.24, 2.45) is 0 Å². The van der Waals surface area contributed by atoms with Gasteiger partial charge in [0.15, 0.2) is 0 Å². The van der Waals surface area contributed by atoms with Crippen LogP contribution in [0.1, 0.15) is 29.8 Å². The van der Waals surface area contributed by atoms with E-state index >= 15 is 0 Å². The standard InChI is InChI=1S/C17H18N4O4/c1-3-24-15(23)13-11-20(10-12-8-6-5-7-9-12)17-18-16(25-4-2)19-21(17)14(13)22/h5-9,11H,3-4,10H2,1-2H3. The van der Waals surface area contributed by atoms with Gasteiger partial charge in [-0.05, 0) is 19.4 Å². The van der Waals surface area contributed by atoms with Crippen LogP contribution in [0.5, 0.6) is 6.01 Å². The lowest BCUT2D eigenvalue weighted by molar-refractivity contribution is 0.0522. The molecule has 3 aromatic rings. The lowest BCUT2D eigenvalue weighted by Crippen LogP contribution is -2.27. The minimum absolute atomic E-state index is 0.0856. The number of ether oxygens (including phenoxy) is 2. The summed E-state index contributed by atoms with van der Waals surface area (Å²) in [7, 11) is 0. The third kappa shape index (κ3) is 3.37. The molecular formula is C17H18N4O4. The smallest absolute Gasteiger partial charge is 0.345 e. The number of esters is 1. The first-order valence-corrected chi connectivity index (χ1v) is 7.98. The number of nitrogens with zero attached hydrogens (tertiary/aromatic N) is 4. The first-order chi connectivity index (χ1) is 12.1. The largest absolute Gasteiger partial charge is 0.463 e.